The molecule has 1 atom stereocenters. The van der Waals surface area contributed by atoms with Crippen molar-refractivity contribution in [1.29, 1.82) is 0 Å². The Hall–Kier alpha value is -1.85. The Morgan fingerprint density at radius 3 is 2.38 bits per heavy atom. The molecule has 162 valence electrons. The molecule has 1 amide bonds. The molecule has 1 unspecified atom stereocenters. The van der Waals surface area contributed by atoms with Crippen LogP contribution in [-0.2, 0) is 19.1 Å². The number of hydrazine groups is 1. The van der Waals surface area contributed by atoms with Crippen molar-refractivity contribution in [2.75, 3.05) is 13.2 Å². The molecule has 9 nitrogen and oxygen atoms in total. The minimum atomic E-state index is -1.29. The summed E-state index contributed by atoms with van der Waals surface area (Å²) in [5.74, 6) is -2.06. The molecule has 0 fully saturated rings. The minimum absolute atomic E-state index is 0.143. The zero-order valence-electron chi connectivity index (χ0n) is 16.5. The van der Waals surface area contributed by atoms with Crippen molar-refractivity contribution in [3.05, 3.63) is 26.6 Å². The molecule has 0 spiro atoms. The number of aromatic hydroxyl groups is 1. The van der Waals surface area contributed by atoms with Crippen LogP contribution in [0.1, 0.15) is 45.7 Å². The van der Waals surface area contributed by atoms with Crippen molar-refractivity contribution in [1.82, 2.24) is 10.4 Å². The molecule has 29 heavy (non-hydrogen) atoms. The molecular formula is C18H24Br2N2O7. The highest BCUT2D eigenvalue weighted by Gasteiger charge is 2.29. The number of rotatable bonds is 8. The number of nitrogens with zero attached hydrogens (tertiary/aromatic N) is 1. The van der Waals surface area contributed by atoms with Gasteiger partial charge < -0.3 is 19.7 Å². The number of ether oxygens (including phenoxy) is 2. The Kier molecular flexibility index (Phi) is 9.37. The number of carboxylic acids is 1. The molecule has 0 radical (unpaired) electrons. The summed E-state index contributed by atoms with van der Waals surface area (Å²) in [5.41, 5.74) is 2.06. The summed E-state index contributed by atoms with van der Waals surface area (Å²) in [5, 5.41) is 20.4. The van der Waals surface area contributed by atoms with Gasteiger partial charge in [0.1, 0.15) is 17.9 Å². The van der Waals surface area contributed by atoms with Crippen molar-refractivity contribution >= 4 is 49.9 Å². The molecule has 0 saturated carbocycles. The molecule has 0 aliphatic carbocycles. The van der Waals surface area contributed by atoms with Crippen LogP contribution in [0.25, 0.3) is 0 Å². The SMILES string of the molecule is CCOC(=O)CC(NN(CC(=O)O)C(=O)OC(C)(C)C)c1cc(Br)cc(Br)c1O. The summed E-state index contributed by atoms with van der Waals surface area (Å²) in [6.45, 7) is 5.96. The highest BCUT2D eigenvalue weighted by molar-refractivity contribution is 9.11. The maximum absolute atomic E-state index is 12.5. The van der Waals surface area contributed by atoms with E-state index in [1.165, 1.54) is 0 Å². The number of carboxylic acid groups (broad SMARTS) is 1. The first kappa shape index (κ1) is 25.2. The number of benzene rings is 1. The first-order valence-corrected chi connectivity index (χ1v) is 10.2. The van der Waals surface area contributed by atoms with Crippen LogP contribution >= 0.6 is 31.9 Å². The van der Waals surface area contributed by atoms with E-state index in [1.807, 2.05) is 0 Å². The molecule has 0 heterocycles. The van der Waals surface area contributed by atoms with Gasteiger partial charge in [-0.05, 0) is 55.8 Å². The summed E-state index contributed by atoms with van der Waals surface area (Å²) in [6.07, 6.45) is -1.22. The number of nitrogens with one attached hydrogen (secondary N) is 1. The van der Waals surface area contributed by atoms with Gasteiger partial charge in [0.2, 0.25) is 0 Å². The van der Waals surface area contributed by atoms with Crippen molar-refractivity contribution in [2.45, 2.75) is 45.8 Å². The van der Waals surface area contributed by atoms with Gasteiger partial charge in [-0.2, -0.15) is 0 Å². The number of halogens is 2. The number of carbonyl (C=O) groups is 3. The number of phenolic OH excluding ortho intramolecular Hbond substituents is 1. The fourth-order valence-corrected chi connectivity index (χ4v) is 3.52. The van der Waals surface area contributed by atoms with Crippen LogP contribution in [0.4, 0.5) is 4.79 Å². The first-order valence-electron chi connectivity index (χ1n) is 8.66. The van der Waals surface area contributed by atoms with Crippen molar-refractivity contribution in [3.8, 4) is 5.75 Å². The van der Waals surface area contributed by atoms with Gasteiger partial charge in [-0.3, -0.25) is 9.59 Å². The third-order valence-electron chi connectivity index (χ3n) is 3.33. The molecule has 1 rings (SSSR count). The highest BCUT2D eigenvalue weighted by atomic mass is 79.9. The third-order valence-corrected chi connectivity index (χ3v) is 4.39. The summed E-state index contributed by atoms with van der Waals surface area (Å²) >= 11 is 6.52. The predicted octanol–water partition coefficient (Wildman–Crippen LogP) is 3.74. The monoisotopic (exact) mass is 538 g/mol. The van der Waals surface area contributed by atoms with Gasteiger partial charge >= 0.3 is 18.0 Å². The topological polar surface area (TPSA) is 125 Å². The summed E-state index contributed by atoms with van der Waals surface area (Å²) in [7, 11) is 0. The average molecular weight is 540 g/mol. The molecule has 0 aliphatic rings. The van der Waals surface area contributed by atoms with E-state index < -0.39 is 36.2 Å². The summed E-state index contributed by atoms with van der Waals surface area (Å²) < 4.78 is 11.1. The second-order valence-electron chi connectivity index (χ2n) is 6.98. The van der Waals surface area contributed by atoms with E-state index in [4.69, 9.17) is 9.47 Å². The van der Waals surface area contributed by atoms with Crippen LogP contribution in [0.2, 0.25) is 0 Å². The van der Waals surface area contributed by atoms with E-state index in [9.17, 15) is 24.6 Å². The Bertz CT molecular complexity index is 765. The maximum Gasteiger partial charge on any atom is 0.425 e. The number of aliphatic carboxylic acids is 1. The van der Waals surface area contributed by atoms with E-state index >= 15 is 0 Å². The molecule has 11 heteroatoms. The van der Waals surface area contributed by atoms with Gasteiger partial charge in [-0.25, -0.2) is 15.2 Å². The molecule has 0 bridgehead atoms. The zero-order valence-corrected chi connectivity index (χ0v) is 19.7. The van der Waals surface area contributed by atoms with Gasteiger partial charge in [-0.1, -0.05) is 15.9 Å². The quantitative estimate of drug-likeness (QED) is 0.337. The molecule has 0 aliphatic heterocycles. The van der Waals surface area contributed by atoms with Gasteiger partial charge in [0.15, 0.2) is 0 Å². The lowest BCUT2D eigenvalue weighted by Crippen LogP contribution is -2.49. The van der Waals surface area contributed by atoms with Crippen LogP contribution in [-0.4, -0.2) is 52.0 Å². The lowest BCUT2D eigenvalue weighted by Gasteiger charge is -2.30. The largest absolute Gasteiger partial charge is 0.506 e. The van der Waals surface area contributed by atoms with Crippen LogP contribution in [0.3, 0.4) is 0 Å². The molecular weight excluding hydrogens is 516 g/mol. The van der Waals surface area contributed by atoms with Crippen molar-refractivity contribution in [2.24, 2.45) is 0 Å². The Morgan fingerprint density at radius 1 is 1.24 bits per heavy atom. The lowest BCUT2D eigenvalue weighted by atomic mass is 10.0. The Balaban J connectivity index is 3.30. The predicted molar refractivity (Wildman–Crippen MR) is 111 cm³/mol. The molecule has 1 aromatic rings. The van der Waals surface area contributed by atoms with Gasteiger partial charge in [0.05, 0.1) is 23.5 Å². The average Bonchev–Trinajstić information content (AvgIpc) is 2.55. The minimum Gasteiger partial charge on any atom is -0.506 e. The molecule has 0 saturated heterocycles. The second-order valence-corrected chi connectivity index (χ2v) is 8.75. The van der Waals surface area contributed by atoms with E-state index in [2.05, 4.69) is 37.3 Å². The highest BCUT2D eigenvalue weighted by Crippen LogP contribution is 2.36. The number of hydrogen-bond donors (Lipinski definition) is 3. The van der Waals surface area contributed by atoms with Crippen molar-refractivity contribution in [3.63, 3.8) is 0 Å². The standard InChI is InChI=1S/C18H24Br2N2O7/c1-5-28-15(25)8-13(11-6-10(19)7-12(20)16(11)26)21-22(9-14(23)24)17(27)29-18(2,3)4/h6-7,13,21,26H,5,8-9H2,1-4H3,(H,23,24). The molecule has 1 aromatic carbocycles. The fraction of sp³-hybridized carbons (Fsp3) is 0.500. The van der Waals surface area contributed by atoms with Gasteiger partial charge in [-0.15, -0.1) is 0 Å². The van der Waals surface area contributed by atoms with E-state index in [-0.39, 0.29) is 24.3 Å². The van der Waals surface area contributed by atoms with Crippen molar-refractivity contribution < 1.29 is 34.1 Å². The molecule has 0 aromatic heterocycles. The normalized spacial score (nSPS) is 12.2. The van der Waals surface area contributed by atoms with Crippen LogP contribution < -0.4 is 5.43 Å². The fourth-order valence-electron chi connectivity index (χ4n) is 2.27. The number of esters is 1. The van der Waals surface area contributed by atoms with Crippen LogP contribution in [0.15, 0.2) is 21.1 Å². The van der Waals surface area contributed by atoms with Gasteiger partial charge in [0.25, 0.3) is 0 Å². The first-order chi connectivity index (χ1) is 13.3. The smallest absolute Gasteiger partial charge is 0.425 e. The van der Waals surface area contributed by atoms with Crippen LogP contribution in [0, 0.1) is 0 Å². The number of hydrogen-bond acceptors (Lipinski definition) is 7. The number of amides is 1. The van der Waals surface area contributed by atoms with E-state index in [0.717, 1.165) is 5.01 Å². The summed E-state index contributed by atoms with van der Waals surface area (Å²) in [4.78, 5) is 35.8. The number of carbonyl (C=O) groups excluding carboxylic acids is 2. The zero-order chi connectivity index (χ0) is 22.4. The van der Waals surface area contributed by atoms with E-state index in [1.54, 1.807) is 39.8 Å². The Labute approximate surface area is 185 Å². The van der Waals surface area contributed by atoms with Gasteiger partial charge in [0, 0.05) is 10.0 Å². The molecule has 3 N–H and O–H groups in total. The maximum atomic E-state index is 12.5. The lowest BCUT2D eigenvalue weighted by molar-refractivity contribution is -0.144. The van der Waals surface area contributed by atoms with Crippen LogP contribution in [0.5, 0.6) is 5.75 Å². The van der Waals surface area contributed by atoms with E-state index in [0.29, 0.717) is 8.95 Å². The number of phenols is 1. The third kappa shape index (κ3) is 8.58. The second kappa shape index (κ2) is 10.8. The Morgan fingerprint density at radius 2 is 1.86 bits per heavy atom. The summed E-state index contributed by atoms with van der Waals surface area (Å²) in [6, 6.07) is 2.17.